The standard InChI is InChI=1S/C11H11F2NO2S/c12-9-5-8(7-15)6-10(13)11(9)14-1-3-17(16)4-2-14/h5-7H,1-4H2. The van der Waals surface area contributed by atoms with Gasteiger partial charge < -0.3 is 4.90 Å². The summed E-state index contributed by atoms with van der Waals surface area (Å²) in [5.41, 5.74) is -0.156. The van der Waals surface area contributed by atoms with Gasteiger partial charge in [0.2, 0.25) is 0 Å². The number of nitrogens with zero attached hydrogens (tertiary/aromatic N) is 1. The van der Waals surface area contributed by atoms with Crippen LogP contribution in [-0.4, -0.2) is 35.1 Å². The van der Waals surface area contributed by atoms with Crippen LogP contribution in [0.4, 0.5) is 14.5 Å². The second-order valence-electron chi connectivity index (χ2n) is 3.79. The zero-order chi connectivity index (χ0) is 12.4. The minimum atomic E-state index is -0.897. The van der Waals surface area contributed by atoms with Gasteiger partial charge in [-0.15, -0.1) is 0 Å². The van der Waals surface area contributed by atoms with Crippen molar-refractivity contribution in [2.75, 3.05) is 29.5 Å². The summed E-state index contributed by atoms with van der Waals surface area (Å²) in [6.07, 6.45) is 0.404. The van der Waals surface area contributed by atoms with E-state index in [1.54, 1.807) is 0 Å². The normalized spacial score (nSPS) is 17.2. The summed E-state index contributed by atoms with van der Waals surface area (Å²) < 4.78 is 38.5. The molecule has 1 aliphatic rings. The number of hydrogen-bond acceptors (Lipinski definition) is 3. The summed E-state index contributed by atoms with van der Waals surface area (Å²) >= 11 is 0. The molecule has 1 aromatic rings. The largest absolute Gasteiger partial charge is 0.365 e. The predicted octanol–water partition coefficient (Wildman–Crippen LogP) is 1.35. The van der Waals surface area contributed by atoms with Crippen LogP contribution < -0.4 is 4.90 Å². The highest BCUT2D eigenvalue weighted by molar-refractivity contribution is 7.85. The Kier molecular flexibility index (Phi) is 3.51. The highest BCUT2D eigenvalue weighted by Gasteiger charge is 2.22. The van der Waals surface area contributed by atoms with Gasteiger partial charge in [-0.2, -0.15) is 0 Å². The molecule has 0 aliphatic carbocycles. The number of rotatable bonds is 2. The topological polar surface area (TPSA) is 37.4 Å². The van der Waals surface area contributed by atoms with E-state index in [4.69, 9.17) is 0 Å². The molecule has 0 saturated carbocycles. The molecule has 0 spiro atoms. The zero-order valence-electron chi connectivity index (χ0n) is 8.99. The van der Waals surface area contributed by atoms with Crippen molar-refractivity contribution in [1.29, 1.82) is 0 Å². The molecule has 0 aromatic heterocycles. The summed E-state index contributed by atoms with van der Waals surface area (Å²) in [7, 11) is -0.897. The number of carbonyl (C=O) groups excluding carboxylic acids is 1. The molecule has 6 heteroatoms. The number of benzene rings is 1. The third-order valence-corrected chi connectivity index (χ3v) is 3.95. The second kappa shape index (κ2) is 4.91. The lowest BCUT2D eigenvalue weighted by Gasteiger charge is -2.29. The van der Waals surface area contributed by atoms with E-state index in [-0.39, 0.29) is 11.3 Å². The number of carbonyl (C=O) groups is 1. The van der Waals surface area contributed by atoms with E-state index >= 15 is 0 Å². The number of aldehydes is 1. The Labute approximate surface area is 99.9 Å². The first-order valence-corrected chi connectivity index (χ1v) is 6.65. The minimum absolute atomic E-state index is 0.0238. The number of hydrogen-bond donors (Lipinski definition) is 0. The van der Waals surface area contributed by atoms with Crippen molar-refractivity contribution in [2.24, 2.45) is 0 Å². The van der Waals surface area contributed by atoms with Crippen LogP contribution in [0.15, 0.2) is 12.1 Å². The van der Waals surface area contributed by atoms with Gasteiger partial charge in [0.05, 0.1) is 0 Å². The first-order valence-electron chi connectivity index (χ1n) is 5.16. The Hall–Kier alpha value is -1.30. The molecule has 0 amide bonds. The molecule has 1 heterocycles. The molecule has 3 nitrogen and oxygen atoms in total. The maximum Gasteiger partial charge on any atom is 0.150 e. The van der Waals surface area contributed by atoms with Crippen LogP contribution in [0.1, 0.15) is 10.4 Å². The number of halogens is 2. The molecular weight excluding hydrogens is 248 g/mol. The molecule has 2 rings (SSSR count). The van der Waals surface area contributed by atoms with Gasteiger partial charge in [-0.25, -0.2) is 8.78 Å². The fourth-order valence-electron chi connectivity index (χ4n) is 1.82. The van der Waals surface area contributed by atoms with Crippen molar-refractivity contribution < 1.29 is 17.8 Å². The lowest BCUT2D eigenvalue weighted by atomic mass is 10.2. The third kappa shape index (κ3) is 2.52. The van der Waals surface area contributed by atoms with Crippen molar-refractivity contribution in [3.05, 3.63) is 29.3 Å². The van der Waals surface area contributed by atoms with Gasteiger partial charge in [-0.1, -0.05) is 0 Å². The predicted molar refractivity (Wildman–Crippen MR) is 61.8 cm³/mol. The Bertz CT molecular complexity index is 446. The zero-order valence-corrected chi connectivity index (χ0v) is 9.80. The summed E-state index contributed by atoms with van der Waals surface area (Å²) in [5.74, 6) is -0.678. The molecule has 17 heavy (non-hydrogen) atoms. The fourth-order valence-corrected chi connectivity index (χ4v) is 2.87. The Morgan fingerprint density at radius 2 is 1.71 bits per heavy atom. The van der Waals surface area contributed by atoms with Crippen LogP contribution in [0.5, 0.6) is 0 Å². The Morgan fingerprint density at radius 1 is 1.18 bits per heavy atom. The van der Waals surface area contributed by atoms with Gasteiger partial charge in [0, 0.05) is 41.0 Å². The van der Waals surface area contributed by atoms with E-state index in [2.05, 4.69) is 0 Å². The average molecular weight is 259 g/mol. The molecule has 0 atom stereocenters. The molecule has 0 N–H and O–H groups in total. The highest BCUT2D eigenvalue weighted by Crippen LogP contribution is 2.25. The van der Waals surface area contributed by atoms with Gasteiger partial charge in [0.1, 0.15) is 23.6 Å². The van der Waals surface area contributed by atoms with E-state index in [9.17, 15) is 17.8 Å². The average Bonchev–Trinajstić information content (AvgIpc) is 2.30. The third-order valence-electron chi connectivity index (χ3n) is 2.67. The second-order valence-corrected chi connectivity index (χ2v) is 5.48. The van der Waals surface area contributed by atoms with E-state index in [1.165, 1.54) is 4.90 Å². The van der Waals surface area contributed by atoms with Gasteiger partial charge in [-0.05, 0) is 12.1 Å². The molecule has 92 valence electrons. The maximum absolute atomic E-state index is 13.7. The molecule has 0 bridgehead atoms. The molecule has 0 unspecified atom stereocenters. The van der Waals surface area contributed by atoms with Crippen LogP contribution in [0.2, 0.25) is 0 Å². The molecule has 1 aromatic carbocycles. The van der Waals surface area contributed by atoms with E-state index in [0.717, 1.165) is 12.1 Å². The van der Waals surface area contributed by atoms with Crippen molar-refractivity contribution in [3.63, 3.8) is 0 Å². The Morgan fingerprint density at radius 3 is 2.18 bits per heavy atom. The smallest absolute Gasteiger partial charge is 0.150 e. The Balaban J connectivity index is 2.32. The minimum Gasteiger partial charge on any atom is -0.365 e. The van der Waals surface area contributed by atoms with Crippen molar-refractivity contribution in [2.45, 2.75) is 0 Å². The van der Waals surface area contributed by atoms with Crippen LogP contribution in [0, 0.1) is 11.6 Å². The lowest BCUT2D eigenvalue weighted by molar-refractivity contribution is 0.112. The highest BCUT2D eigenvalue weighted by atomic mass is 32.2. The SMILES string of the molecule is O=Cc1cc(F)c(N2CCS(=O)CC2)c(F)c1. The molecule has 1 aliphatic heterocycles. The van der Waals surface area contributed by atoms with Crippen molar-refractivity contribution in [1.82, 2.24) is 0 Å². The van der Waals surface area contributed by atoms with Crippen molar-refractivity contribution in [3.8, 4) is 0 Å². The van der Waals surface area contributed by atoms with Gasteiger partial charge in [-0.3, -0.25) is 9.00 Å². The van der Waals surface area contributed by atoms with E-state index < -0.39 is 22.4 Å². The first kappa shape index (κ1) is 12.2. The summed E-state index contributed by atoms with van der Waals surface area (Å²) in [6.45, 7) is 0.724. The lowest BCUT2D eigenvalue weighted by Crippen LogP contribution is -2.38. The summed E-state index contributed by atoms with van der Waals surface area (Å²) in [5, 5.41) is 0. The van der Waals surface area contributed by atoms with Crippen LogP contribution in [0.3, 0.4) is 0 Å². The summed E-state index contributed by atoms with van der Waals surface area (Å²) in [6, 6.07) is 2.02. The first-order chi connectivity index (χ1) is 8.11. The van der Waals surface area contributed by atoms with Gasteiger partial charge in [0.25, 0.3) is 0 Å². The quantitative estimate of drug-likeness (QED) is 0.752. The van der Waals surface area contributed by atoms with E-state index in [1.807, 2.05) is 0 Å². The van der Waals surface area contributed by atoms with Crippen molar-refractivity contribution >= 4 is 22.8 Å². The monoisotopic (exact) mass is 259 g/mol. The maximum atomic E-state index is 13.7. The van der Waals surface area contributed by atoms with Gasteiger partial charge >= 0.3 is 0 Å². The van der Waals surface area contributed by atoms with E-state index in [0.29, 0.717) is 30.9 Å². The molecule has 0 radical (unpaired) electrons. The molecular formula is C11H11F2NO2S. The van der Waals surface area contributed by atoms with Crippen LogP contribution in [-0.2, 0) is 10.8 Å². The van der Waals surface area contributed by atoms with Crippen LogP contribution >= 0.6 is 0 Å². The summed E-state index contributed by atoms with van der Waals surface area (Å²) in [4.78, 5) is 12.0. The fraction of sp³-hybridized carbons (Fsp3) is 0.364. The molecule has 1 fully saturated rings. The molecule has 1 saturated heterocycles. The number of anilines is 1. The van der Waals surface area contributed by atoms with Gasteiger partial charge in [0.15, 0.2) is 0 Å². The van der Waals surface area contributed by atoms with Crippen LogP contribution in [0.25, 0.3) is 0 Å².